The Hall–Kier alpha value is 1.39. The normalized spacial score (nSPS) is 33.0. The molecule has 0 spiro atoms. The minimum Gasteiger partial charge on any atom is -0.130 e. The fraction of sp³-hybridized carbons (Fsp3) is 1.00. The lowest BCUT2D eigenvalue weighted by Gasteiger charge is -2.48. The van der Waals surface area contributed by atoms with Crippen molar-refractivity contribution in [1.29, 1.82) is 0 Å². The predicted octanol–water partition coefficient (Wildman–Crippen LogP) is 3.77. The summed E-state index contributed by atoms with van der Waals surface area (Å²) in [4.78, 5) is 0. The first-order valence-electron chi connectivity index (χ1n) is 4.94. The monoisotopic (exact) mass is 328 g/mol. The van der Waals surface area contributed by atoms with Crippen molar-refractivity contribution in [2.45, 2.75) is 48.5 Å². The lowest BCUT2D eigenvalue weighted by molar-refractivity contribution is 0.959. The van der Waals surface area contributed by atoms with E-state index in [1.54, 1.807) is 17.8 Å². The number of alkyl halides is 1. The van der Waals surface area contributed by atoms with Crippen LogP contribution < -0.4 is 0 Å². The van der Waals surface area contributed by atoms with Crippen LogP contribution in [-0.4, -0.2) is 19.6 Å². The average Bonchev–Trinajstić information content (AvgIpc) is 2.05. The molecular weight excluding hydrogens is 312 g/mol. The molecule has 0 nitrogen and oxygen atoms in total. The topological polar surface area (TPSA) is 0 Å². The zero-order valence-corrected chi connectivity index (χ0v) is 13.3. The Kier molecular flexibility index (Phi) is 4.54. The molecule has 0 saturated carbocycles. The Morgan fingerprint density at radius 1 is 1.33 bits per heavy atom. The standard InChI is InChI=1S/C8H18Br2Si2/c1-3-5-12(6-4-2)7-11(10)8(12)9/h8,11H,3-7H2,1-2H3. The van der Waals surface area contributed by atoms with Crippen molar-refractivity contribution in [2.24, 2.45) is 0 Å². The average molecular weight is 330 g/mol. The van der Waals surface area contributed by atoms with Gasteiger partial charge in [-0.2, -0.15) is 0 Å². The molecule has 0 amide bonds. The van der Waals surface area contributed by atoms with E-state index in [-0.39, 0.29) is 0 Å². The van der Waals surface area contributed by atoms with E-state index in [1.165, 1.54) is 12.8 Å². The van der Waals surface area contributed by atoms with Crippen LogP contribution in [0, 0.1) is 0 Å². The molecule has 1 heterocycles. The maximum Gasteiger partial charge on any atom is 0.123 e. The van der Waals surface area contributed by atoms with E-state index in [2.05, 4.69) is 45.1 Å². The lowest BCUT2D eigenvalue weighted by atomic mass is 10.6. The highest BCUT2D eigenvalue weighted by molar-refractivity contribution is 9.26. The van der Waals surface area contributed by atoms with Crippen molar-refractivity contribution in [3.05, 3.63) is 0 Å². The van der Waals surface area contributed by atoms with Gasteiger partial charge in [0.1, 0.15) is 7.42 Å². The number of hydrogen-bond acceptors (Lipinski definition) is 0. The Labute approximate surface area is 94.8 Å². The molecule has 0 aliphatic carbocycles. The van der Waals surface area contributed by atoms with Gasteiger partial charge in [0.05, 0.1) is 8.07 Å². The molecular formula is C8H18Br2Si2. The van der Waals surface area contributed by atoms with E-state index < -0.39 is 15.5 Å². The highest BCUT2D eigenvalue weighted by Crippen LogP contribution is 2.45. The van der Waals surface area contributed by atoms with Gasteiger partial charge in [-0.05, 0) is 0 Å². The van der Waals surface area contributed by atoms with Gasteiger partial charge in [-0.1, -0.05) is 60.4 Å². The molecule has 1 aliphatic rings. The molecule has 0 N–H and O–H groups in total. The molecule has 1 rings (SSSR count). The van der Waals surface area contributed by atoms with Crippen LogP contribution in [0.3, 0.4) is 0 Å². The molecule has 1 aliphatic heterocycles. The van der Waals surface area contributed by atoms with Crippen LogP contribution in [-0.2, 0) is 0 Å². The number of hydrogen-bond donors (Lipinski definition) is 0. The van der Waals surface area contributed by atoms with Gasteiger partial charge >= 0.3 is 0 Å². The SMILES string of the molecule is CCC[Si]1(CCC)C[SiH](Br)C1Br. The van der Waals surface area contributed by atoms with E-state index in [4.69, 9.17) is 0 Å². The second kappa shape index (κ2) is 4.76. The Bertz CT molecular complexity index is 140. The highest BCUT2D eigenvalue weighted by Gasteiger charge is 2.52. The van der Waals surface area contributed by atoms with Gasteiger partial charge in [0, 0.05) is 4.07 Å². The van der Waals surface area contributed by atoms with E-state index in [0.717, 1.165) is 4.07 Å². The Morgan fingerprint density at radius 2 is 1.83 bits per heavy atom. The molecule has 2 unspecified atom stereocenters. The van der Waals surface area contributed by atoms with Crippen LogP contribution in [0.4, 0.5) is 0 Å². The van der Waals surface area contributed by atoms with Gasteiger partial charge in [-0.25, -0.2) is 0 Å². The Balaban J connectivity index is 2.50. The molecule has 12 heavy (non-hydrogen) atoms. The zero-order chi connectivity index (χ0) is 9.19. The summed E-state index contributed by atoms with van der Waals surface area (Å²) in [6.45, 7) is 4.68. The molecule has 1 fully saturated rings. The minimum absolute atomic E-state index is 0.461. The van der Waals surface area contributed by atoms with Crippen LogP contribution in [0.5, 0.6) is 0 Å². The van der Waals surface area contributed by atoms with Gasteiger partial charge in [0.2, 0.25) is 0 Å². The van der Waals surface area contributed by atoms with Crippen molar-refractivity contribution in [2.75, 3.05) is 0 Å². The zero-order valence-electron chi connectivity index (χ0n) is 7.95. The first-order valence-corrected chi connectivity index (χ1v) is 13.2. The maximum atomic E-state index is 3.93. The van der Waals surface area contributed by atoms with Crippen molar-refractivity contribution >= 4 is 46.7 Å². The van der Waals surface area contributed by atoms with Gasteiger partial charge in [0.25, 0.3) is 0 Å². The van der Waals surface area contributed by atoms with Crippen LogP contribution in [0.2, 0.25) is 17.8 Å². The van der Waals surface area contributed by atoms with Crippen LogP contribution in [0.1, 0.15) is 26.7 Å². The first kappa shape index (κ1) is 11.5. The third kappa shape index (κ3) is 2.07. The Morgan fingerprint density at radius 3 is 2.08 bits per heavy atom. The van der Waals surface area contributed by atoms with Crippen molar-refractivity contribution in [1.82, 2.24) is 0 Å². The molecule has 2 atom stereocenters. The van der Waals surface area contributed by atoms with Crippen LogP contribution >= 0.6 is 31.2 Å². The van der Waals surface area contributed by atoms with Crippen LogP contribution in [0.25, 0.3) is 0 Å². The van der Waals surface area contributed by atoms with Crippen molar-refractivity contribution in [3.8, 4) is 0 Å². The smallest absolute Gasteiger partial charge is 0.123 e. The molecule has 0 bridgehead atoms. The molecule has 1 saturated heterocycles. The van der Waals surface area contributed by atoms with Crippen molar-refractivity contribution in [3.63, 3.8) is 0 Å². The summed E-state index contributed by atoms with van der Waals surface area (Å²) in [5.74, 6) is 0. The summed E-state index contributed by atoms with van der Waals surface area (Å²) in [6.07, 6.45) is 2.81. The largest absolute Gasteiger partial charge is 0.130 e. The summed E-state index contributed by atoms with van der Waals surface area (Å²) in [5, 5.41) is 0. The fourth-order valence-corrected chi connectivity index (χ4v) is 30.1. The van der Waals surface area contributed by atoms with E-state index in [1.807, 2.05) is 0 Å². The second-order valence-corrected chi connectivity index (χ2v) is 18.7. The number of halogens is 2. The molecule has 0 aromatic heterocycles. The van der Waals surface area contributed by atoms with E-state index in [9.17, 15) is 0 Å². The lowest BCUT2D eigenvalue weighted by Crippen LogP contribution is -2.62. The summed E-state index contributed by atoms with van der Waals surface area (Å²) in [7, 11) is -1.24. The molecule has 72 valence electrons. The summed E-state index contributed by atoms with van der Waals surface area (Å²) >= 11 is 7.80. The third-order valence-electron chi connectivity index (χ3n) is 3.00. The number of rotatable bonds is 4. The second-order valence-electron chi connectivity index (χ2n) is 3.98. The van der Waals surface area contributed by atoms with Gasteiger partial charge in [-0.3, -0.25) is 0 Å². The summed E-state index contributed by atoms with van der Waals surface area (Å²) < 4.78 is 0.991. The molecule has 0 aromatic rings. The third-order valence-corrected chi connectivity index (χ3v) is 28.9. The fourth-order valence-electron chi connectivity index (χ4n) is 2.43. The van der Waals surface area contributed by atoms with Crippen molar-refractivity contribution < 1.29 is 0 Å². The maximum absolute atomic E-state index is 3.93. The molecule has 4 heteroatoms. The van der Waals surface area contributed by atoms with E-state index in [0.29, 0.717) is 0 Å². The quantitative estimate of drug-likeness (QED) is 0.418. The molecule has 0 radical (unpaired) electrons. The van der Waals surface area contributed by atoms with E-state index >= 15 is 0 Å². The highest BCUT2D eigenvalue weighted by atomic mass is 79.9. The van der Waals surface area contributed by atoms with Crippen LogP contribution in [0.15, 0.2) is 0 Å². The molecule has 0 aromatic carbocycles. The van der Waals surface area contributed by atoms with Gasteiger partial charge < -0.3 is 0 Å². The summed E-state index contributed by atoms with van der Waals surface area (Å²) in [6, 6.07) is 3.12. The first-order chi connectivity index (χ1) is 5.66. The minimum atomic E-state index is -0.778. The summed E-state index contributed by atoms with van der Waals surface area (Å²) in [5.41, 5.74) is 1.64. The van der Waals surface area contributed by atoms with Gasteiger partial charge in [0.15, 0.2) is 0 Å². The van der Waals surface area contributed by atoms with Gasteiger partial charge in [-0.15, -0.1) is 15.3 Å². The predicted molar refractivity (Wildman–Crippen MR) is 69.5 cm³/mol.